The molecule has 0 radical (unpaired) electrons. The van der Waals surface area contributed by atoms with E-state index in [0.717, 1.165) is 24.2 Å². The van der Waals surface area contributed by atoms with E-state index in [1.54, 1.807) is 13.3 Å². The van der Waals surface area contributed by atoms with Crippen molar-refractivity contribution in [3.63, 3.8) is 0 Å². The van der Waals surface area contributed by atoms with Crippen LogP contribution < -0.4 is 5.32 Å². The second-order valence-electron chi connectivity index (χ2n) is 4.63. The molecule has 0 fully saturated rings. The van der Waals surface area contributed by atoms with Gasteiger partial charge in [-0.25, -0.2) is 0 Å². The van der Waals surface area contributed by atoms with Crippen LogP contribution in [-0.2, 0) is 17.7 Å². The molecule has 0 saturated carbocycles. The normalized spacial score (nSPS) is 12.9. The van der Waals surface area contributed by atoms with Gasteiger partial charge >= 0.3 is 0 Å². The maximum atomic E-state index is 6.40. The zero-order valence-electron chi connectivity index (χ0n) is 11.6. The number of hydrogen-bond acceptors (Lipinski definition) is 6. The molecule has 0 spiro atoms. The van der Waals surface area contributed by atoms with E-state index in [4.69, 9.17) is 20.9 Å². The number of pyridine rings is 1. The molecule has 0 atom stereocenters. The summed E-state index contributed by atoms with van der Waals surface area (Å²) in [7, 11) is 1.66. The standard InChI is InChI=1S/C14H15ClN4O2/c1-20-6-5-16-8-12-18-14(19-21-12)10-7-17-11-4-2-3-9(11)13(10)15/h2-3,7,16H,4-6,8H2,1H3. The van der Waals surface area contributed by atoms with E-state index in [1.807, 2.05) is 12.2 Å². The summed E-state index contributed by atoms with van der Waals surface area (Å²) in [5.74, 6) is 0.965. The lowest BCUT2D eigenvalue weighted by atomic mass is 10.1. The highest BCUT2D eigenvalue weighted by Gasteiger charge is 2.18. The molecule has 0 bridgehead atoms. The van der Waals surface area contributed by atoms with Crippen LogP contribution in [0.4, 0.5) is 0 Å². The van der Waals surface area contributed by atoms with Gasteiger partial charge in [0.05, 0.1) is 29.4 Å². The molecule has 21 heavy (non-hydrogen) atoms. The van der Waals surface area contributed by atoms with Crippen LogP contribution in [0.3, 0.4) is 0 Å². The fourth-order valence-electron chi connectivity index (χ4n) is 2.12. The van der Waals surface area contributed by atoms with Crippen molar-refractivity contribution in [3.8, 4) is 11.4 Å². The molecule has 110 valence electrons. The van der Waals surface area contributed by atoms with Crippen LogP contribution in [0.1, 0.15) is 17.1 Å². The van der Waals surface area contributed by atoms with Crippen molar-refractivity contribution in [2.75, 3.05) is 20.3 Å². The first-order chi connectivity index (χ1) is 10.3. The van der Waals surface area contributed by atoms with Crippen molar-refractivity contribution in [2.45, 2.75) is 13.0 Å². The van der Waals surface area contributed by atoms with Crippen LogP contribution in [0.5, 0.6) is 0 Å². The maximum Gasteiger partial charge on any atom is 0.240 e. The van der Waals surface area contributed by atoms with Crippen LogP contribution in [0.2, 0.25) is 5.02 Å². The number of nitrogens with one attached hydrogen (secondary N) is 1. The largest absolute Gasteiger partial charge is 0.383 e. The summed E-state index contributed by atoms with van der Waals surface area (Å²) >= 11 is 6.40. The highest BCUT2D eigenvalue weighted by atomic mass is 35.5. The first-order valence-corrected chi connectivity index (χ1v) is 7.04. The number of nitrogens with zero attached hydrogens (tertiary/aromatic N) is 3. The fourth-order valence-corrected chi connectivity index (χ4v) is 2.43. The van der Waals surface area contributed by atoms with Crippen molar-refractivity contribution < 1.29 is 9.26 Å². The van der Waals surface area contributed by atoms with Gasteiger partial charge in [0, 0.05) is 31.8 Å². The Bertz CT molecular complexity index is 669. The first kappa shape index (κ1) is 14.2. The molecule has 1 aliphatic rings. The van der Waals surface area contributed by atoms with E-state index < -0.39 is 0 Å². The average molecular weight is 307 g/mol. The van der Waals surface area contributed by atoms with Crippen LogP contribution in [0.25, 0.3) is 17.5 Å². The number of allylic oxidation sites excluding steroid dienone is 1. The van der Waals surface area contributed by atoms with Crippen LogP contribution in [0, 0.1) is 0 Å². The minimum absolute atomic E-state index is 0.458. The van der Waals surface area contributed by atoms with Gasteiger partial charge in [-0.2, -0.15) is 4.98 Å². The van der Waals surface area contributed by atoms with E-state index >= 15 is 0 Å². The van der Waals surface area contributed by atoms with Gasteiger partial charge in [-0.1, -0.05) is 28.9 Å². The average Bonchev–Trinajstić information content (AvgIpc) is 3.13. The number of halogens is 1. The second kappa shape index (κ2) is 6.34. The third-order valence-corrected chi connectivity index (χ3v) is 3.60. The minimum Gasteiger partial charge on any atom is -0.383 e. The van der Waals surface area contributed by atoms with Gasteiger partial charge in [0.25, 0.3) is 0 Å². The molecule has 2 aromatic heterocycles. The van der Waals surface area contributed by atoms with Gasteiger partial charge in [0.2, 0.25) is 11.7 Å². The van der Waals surface area contributed by atoms with E-state index in [0.29, 0.717) is 35.5 Å². The molecule has 3 rings (SSSR count). The molecular weight excluding hydrogens is 292 g/mol. The molecule has 2 heterocycles. The Hall–Kier alpha value is -1.76. The molecule has 1 N–H and O–H groups in total. The quantitative estimate of drug-likeness (QED) is 0.824. The predicted molar refractivity (Wildman–Crippen MR) is 78.9 cm³/mol. The Morgan fingerprint density at radius 1 is 1.48 bits per heavy atom. The lowest BCUT2D eigenvalue weighted by molar-refractivity contribution is 0.197. The van der Waals surface area contributed by atoms with E-state index in [1.165, 1.54) is 0 Å². The Morgan fingerprint density at radius 2 is 2.38 bits per heavy atom. The Morgan fingerprint density at radius 3 is 3.24 bits per heavy atom. The second-order valence-corrected chi connectivity index (χ2v) is 5.01. The van der Waals surface area contributed by atoms with E-state index in [-0.39, 0.29) is 0 Å². The van der Waals surface area contributed by atoms with E-state index in [9.17, 15) is 0 Å². The Balaban J connectivity index is 1.76. The van der Waals surface area contributed by atoms with Gasteiger partial charge in [-0.05, 0) is 0 Å². The van der Waals surface area contributed by atoms with Gasteiger partial charge in [-0.3, -0.25) is 4.98 Å². The molecule has 0 amide bonds. The Labute approximate surface area is 127 Å². The van der Waals surface area contributed by atoms with Gasteiger partial charge in [0.15, 0.2) is 0 Å². The molecule has 0 saturated heterocycles. The van der Waals surface area contributed by atoms with Crippen molar-refractivity contribution in [1.82, 2.24) is 20.4 Å². The van der Waals surface area contributed by atoms with Gasteiger partial charge in [0.1, 0.15) is 0 Å². The van der Waals surface area contributed by atoms with Crippen molar-refractivity contribution in [2.24, 2.45) is 0 Å². The molecule has 0 aromatic carbocycles. The SMILES string of the molecule is COCCNCc1nc(-c2cnc3c(c2Cl)C=CC3)no1. The summed E-state index contributed by atoms with van der Waals surface area (Å²) in [6, 6.07) is 0. The third kappa shape index (κ3) is 2.97. The molecule has 6 nitrogen and oxygen atoms in total. The number of rotatable bonds is 6. The van der Waals surface area contributed by atoms with Gasteiger partial charge in [-0.15, -0.1) is 0 Å². The van der Waals surface area contributed by atoms with Gasteiger partial charge < -0.3 is 14.6 Å². The zero-order chi connectivity index (χ0) is 14.7. The highest BCUT2D eigenvalue weighted by Crippen LogP contribution is 2.33. The third-order valence-electron chi connectivity index (χ3n) is 3.20. The van der Waals surface area contributed by atoms with Crippen molar-refractivity contribution in [1.29, 1.82) is 0 Å². The summed E-state index contributed by atoms with van der Waals surface area (Å²) in [5.41, 5.74) is 2.61. The molecule has 1 aliphatic carbocycles. The smallest absolute Gasteiger partial charge is 0.240 e. The molecule has 2 aromatic rings. The summed E-state index contributed by atoms with van der Waals surface area (Å²) in [6.07, 6.45) is 6.52. The summed E-state index contributed by atoms with van der Waals surface area (Å²) in [5, 5.41) is 7.73. The van der Waals surface area contributed by atoms with Crippen LogP contribution in [-0.4, -0.2) is 35.4 Å². The molecule has 7 heteroatoms. The summed E-state index contributed by atoms with van der Waals surface area (Å²) in [6.45, 7) is 1.85. The van der Waals surface area contributed by atoms with Crippen molar-refractivity contribution in [3.05, 3.63) is 34.4 Å². The number of hydrogen-bond donors (Lipinski definition) is 1. The van der Waals surface area contributed by atoms with Crippen LogP contribution in [0.15, 0.2) is 16.8 Å². The number of fused-ring (bicyclic) bond motifs is 1. The summed E-state index contributed by atoms with van der Waals surface area (Å²) < 4.78 is 10.2. The number of methoxy groups -OCH3 is 1. The Kier molecular flexibility index (Phi) is 4.28. The lowest BCUT2D eigenvalue weighted by Gasteiger charge is -2.04. The predicted octanol–water partition coefficient (Wildman–Crippen LogP) is 2.09. The molecular formula is C14H15ClN4O2. The van der Waals surface area contributed by atoms with Crippen LogP contribution >= 0.6 is 11.6 Å². The monoisotopic (exact) mass is 306 g/mol. The zero-order valence-corrected chi connectivity index (χ0v) is 12.4. The molecule has 0 aliphatic heterocycles. The number of aromatic nitrogens is 3. The number of ether oxygens (including phenoxy) is 1. The minimum atomic E-state index is 0.458. The maximum absolute atomic E-state index is 6.40. The fraction of sp³-hybridized carbons (Fsp3) is 0.357. The topological polar surface area (TPSA) is 73.1 Å². The summed E-state index contributed by atoms with van der Waals surface area (Å²) in [4.78, 5) is 8.73. The first-order valence-electron chi connectivity index (χ1n) is 6.66. The van der Waals surface area contributed by atoms with Crippen molar-refractivity contribution >= 4 is 17.7 Å². The van der Waals surface area contributed by atoms with E-state index in [2.05, 4.69) is 20.4 Å². The lowest BCUT2D eigenvalue weighted by Crippen LogP contribution is -2.18. The highest BCUT2D eigenvalue weighted by molar-refractivity contribution is 6.34. The molecule has 0 unspecified atom stereocenters.